The Bertz CT molecular complexity index is 1210. The fourth-order valence-corrected chi connectivity index (χ4v) is 5.17. The number of rotatable bonds is 7. The molecule has 0 spiro atoms. The first kappa shape index (κ1) is 28.3. The van der Waals surface area contributed by atoms with Gasteiger partial charge in [0.2, 0.25) is 11.8 Å². The van der Waals surface area contributed by atoms with Crippen LogP contribution in [0.3, 0.4) is 0 Å². The number of carbonyl (C=O) groups excluding carboxylic acids is 1. The third-order valence-electron chi connectivity index (χ3n) is 6.33. The van der Waals surface area contributed by atoms with Gasteiger partial charge in [0.25, 0.3) is 0 Å². The van der Waals surface area contributed by atoms with Gasteiger partial charge in [0.1, 0.15) is 10.8 Å². The number of methoxy groups -OCH3 is 1. The Kier molecular flexibility index (Phi) is 10.1. The van der Waals surface area contributed by atoms with Crippen molar-refractivity contribution in [1.82, 2.24) is 25.2 Å². The summed E-state index contributed by atoms with van der Waals surface area (Å²) >= 11 is 1.47. The van der Waals surface area contributed by atoms with E-state index in [9.17, 15) is 9.18 Å². The first-order valence-corrected chi connectivity index (χ1v) is 12.4. The van der Waals surface area contributed by atoms with E-state index in [1.807, 2.05) is 18.3 Å². The molecule has 1 amide bonds. The third kappa shape index (κ3) is 6.54. The topological polar surface area (TPSA) is 92.3 Å². The minimum atomic E-state index is -0.321. The van der Waals surface area contributed by atoms with Gasteiger partial charge in [-0.1, -0.05) is 11.8 Å². The minimum absolute atomic E-state index is 0. The molecule has 2 aliphatic heterocycles. The van der Waals surface area contributed by atoms with Gasteiger partial charge >= 0.3 is 0 Å². The summed E-state index contributed by atoms with van der Waals surface area (Å²) in [5.41, 5.74) is 3.71. The standard InChI is InChI=1S/C24H27FN6O2S.2ClH/c1-33-22-3-2-19-23(30-22)17(18(25)13-27-19)6-9-31-7-4-16(5-8-31)26-11-15-10-20-24(28-12-15)34-14-21(32)29-20;;/h2-3,10,12-13,16,26H,4-9,11,14H2,1H3,(H,29,32);2*1H. The molecule has 8 nitrogen and oxygen atoms in total. The normalized spacial score (nSPS) is 16.0. The van der Waals surface area contributed by atoms with E-state index in [0.717, 1.165) is 48.8 Å². The largest absolute Gasteiger partial charge is 0.481 e. The van der Waals surface area contributed by atoms with Crippen LogP contribution in [0, 0.1) is 5.82 Å². The zero-order chi connectivity index (χ0) is 23.5. The number of nitrogens with one attached hydrogen (secondary N) is 2. The number of ether oxygens (including phenoxy) is 1. The van der Waals surface area contributed by atoms with Gasteiger partial charge in [-0.05, 0) is 50.0 Å². The molecule has 5 rings (SSSR count). The van der Waals surface area contributed by atoms with E-state index in [1.54, 1.807) is 13.2 Å². The maximum atomic E-state index is 14.6. The molecule has 12 heteroatoms. The molecule has 2 aliphatic rings. The molecule has 1 fully saturated rings. The van der Waals surface area contributed by atoms with Crippen LogP contribution >= 0.6 is 36.6 Å². The molecule has 0 atom stereocenters. The zero-order valence-electron chi connectivity index (χ0n) is 19.8. The second-order valence-electron chi connectivity index (χ2n) is 8.59. The quantitative estimate of drug-likeness (QED) is 0.455. The van der Waals surface area contributed by atoms with Crippen LogP contribution in [0.1, 0.15) is 24.0 Å². The molecule has 0 bridgehead atoms. The molecule has 0 saturated carbocycles. The molecule has 3 aromatic rings. The number of carbonyl (C=O) groups is 1. The van der Waals surface area contributed by atoms with E-state index in [2.05, 4.69) is 30.5 Å². The Morgan fingerprint density at radius 3 is 2.81 bits per heavy atom. The molecule has 0 aliphatic carbocycles. The average molecular weight is 556 g/mol. The average Bonchev–Trinajstić information content (AvgIpc) is 2.87. The lowest BCUT2D eigenvalue weighted by Gasteiger charge is -2.32. The van der Waals surface area contributed by atoms with E-state index in [-0.39, 0.29) is 36.5 Å². The number of piperidine rings is 1. The Hall–Kier alpha value is -2.24. The highest BCUT2D eigenvalue weighted by Gasteiger charge is 2.21. The predicted octanol–water partition coefficient (Wildman–Crippen LogP) is 3.86. The lowest BCUT2D eigenvalue weighted by atomic mass is 10.0. The van der Waals surface area contributed by atoms with Crippen molar-refractivity contribution in [2.45, 2.75) is 36.9 Å². The Labute approximate surface area is 226 Å². The molecule has 1 saturated heterocycles. The van der Waals surface area contributed by atoms with E-state index in [0.29, 0.717) is 47.2 Å². The Morgan fingerprint density at radius 1 is 1.22 bits per heavy atom. The number of pyridine rings is 3. The van der Waals surface area contributed by atoms with Gasteiger partial charge in [-0.3, -0.25) is 9.78 Å². The monoisotopic (exact) mass is 554 g/mol. The number of likely N-dealkylation sites (tertiary alicyclic amines) is 1. The molecule has 0 radical (unpaired) electrons. The van der Waals surface area contributed by atoms with E-state index in [4.69, 9.17) is 4.74 Å². The van der Waals surface area contributed by atoms with Crippen molar-refractivity contribution in [3.63, 3.8) is 0 Å². The number of aromatic nitrogens is 3. The molecule has 0 aromatic carbocycles. The summed E-state index contributed by atoms with van der Waals surface area (Å²) < 4.78 is 19.8. The minimum Gasteiger partial charge on any atom is -0.481 e. The van der Waals surface area contributed by atoms with Gasteiger partial charge in [0, 0.05) is 37.0 Å². The summed E-state index contributed by atoms with van der Waals surface area (Å²) in [5, 5.41) is 7.39. The van der Waals surface area contributed by atoms with Crippen molar-refractivity contribution in [2.24, 2.45) is 0 Å². The van der Waals surface area contributed by atoms with E-state index < -0.39 is 0 Å². The van der Waals surface area contributed by atoms with Crippen LogP contribution in [0.2, 0.25) is 0 Å². The number of amides is 1. The van der Waals surface area contributed by atoms with Crippen LogP contribution in [0.5, 0.6) is 5.88 Å². The number of anilines is 1. The second kappa shape index (κ2) is 12.8. The molecular formula is C24H29Cl2FN6O2S. The van der Waals surface area contributed by atoms with Crippen molar-refractivity contribution in [3.05, 3.63) is 47.5 Å². The highest BCUT2D eigenvalue weighted by atomic mass is 35.5. The van der Waals surface area contributed by atoms with E-state index >= 15 is 0 Å². The van der Waals surface area contributed by atoms with Crippen LogP contribution in [0.25, 0.3) is 11.0 Å². The zero-order valence-corrected chi connectivity index (χ0v) is 22.3. The Balaban J connectivity index is 0.00000180. The first-order chi connectivity index (χ1) is 16.6. The number of thioether (sulfide) groups is 1. The molecular weight excluding hydrogens is 526 g/mol. The molecule has 5 heterocycles. The van der Waals surface area contributed by atoms with Gasteiger partial charge in [-0.2, -0.15) is 0 Å². The summed E-state index contributed by atoms with van der Waals surface area (Å²) in [6.07, 6.45) is 5.78. The van der Waals surface area contributed by atoms with Gasteiger partial charge in [0.05, 0.1) is 35.8 Å². The number of nitrogens with zero attached hydrogens (tertiary/aromatic N) is 4. The van der Waals surface area contributed by atoms with Gasteiger partial charge < -0.3 is 20.3 Å². The summed E-state index contributed by atoms with van der Waals surface area (Å²) in [7, 11) is 1.55. The third-order valence-corrected chi connectivity index (χ3v) is 7.34. The summed E-state index contributed by atoms with van der Waals surface area (Å²) in [6.45, 7) is 3.39. The van der Waals surface area contributed by atoms with Crippen molar-refractivity contribution in [3.8, 4) is 5.88 Å². The molecule has 36 heavy (non-hydrogen) atoms. The van der Waals surface area contributed by atoms with Crippen LogP contribution in [-0.4, -0.2) is 64.3 Å². The van der Waals surface area contributed by atoms with Crippen LogP contribution in [0.4, 0.5) is 10.1 Å². The van der Waals surface area contributed by atoms with Gasteiger partial charge in [-0.15, -0.1) is 24.8 Å². The molecule has 0 unspecified atom stereocenters. The summed E-state index contributed by atoms with van der Waals surface area (Å²) in [5.74, 6) is 0.581. The van der Waals surface area contributed by atoms with Gasteiger partial charge in [0.15, 0.2) is 0 Å². The van der Waals surface area contributed by atoms with Gasteiger partial charge in [-0.25, -0.2) is 14.4 Å². The number of hydrogen-bond donors (Lipinski definition) is 2. The van der Waals surface area contributed by atoms with Crippen molar-refractivity contribution >= 4 is 59.2 Å². The van der Waals surface area contributed by atoms with Crippen LogP contribution in [-0.2, 0) is 17.8 Å². The molecule has 194 valence electrons. The first-order valence-electron chi connectivity index (χ1n) is 11.4. The number of hydrogen-bond acceptors (Lipinski definition) is 8. The highest BCUT2D eigenvalue weighted by Crippen LogP contribution is 2.29. The lowest BCUT2D eigenvalue weighted by Crippen LogP contribution is -2.42. The highest BCUT2D eigenvalue weighted by molar-refractivity contribution is 8.00. The predicted molar refractivity (Wildman–Crippen MR) is 144 cm³/mol. The molecule has 3 aromatic heterocycles. The summed E-state index contributed by atoms with van der Waals surface area (Å²) in [4.78, 5) is 27.0. The van der Waals surface area contributed by atoms with Crippen molar-refractivity contribution < 1.29 is 13.9 Å². The maximum absolute atomic E-state index is 14.6. The number of halogens is 3. The smallest absolute Gasteiger partial charge is 0.234 e. The maximum Gasteiger partial charge on any atom is 0.234 e. The van der Waals surface area contributed by atoms with Crippen molar-refractivity contribution in [1.29, 1.82) is 0 Å². The summed E-state index contributed by atoms with van der Waals surface area (Å²) in [6, 6.07) is 5.97. The van der Waals surface area contributed by atoms with Crippen molar-refractivity contribution in [2.75, 3.05) is 37.8 Å². The Morgan fingerprint density at radius 2 is 2.03 bits per heavy atom. The van der Waals surface area contributed by atoms with Crippen LogP contribution in [0.15, 0.2) is 35.6 Å². The second-order valence-corrected chi connectivity index (χ2v) is 9.55. The lowest BCUT2D eigenvalue weighted by molar-refractivity contribution is -0.113. The van der Waals surface area contributed by atoms with E-state index in [1.165, 1.54) is 18.0 Å². The fourth-order valence-electron chi connectivity index (χ4n) is 4.44. The number of fused-ring (bicyclic) bond motifs is 2. The fraction of sp³-hybridized carbons (Fsp3) is 0.417. The SMILES string of the molecule is COc1ccc2ncc(F)c(CCN3CCC(NCc4cnc5c(c4)NC(=O)CS5)CC3)c2n1.Cl.Cl. The van der Waals surface area contributed by atoms with Crippen LogP contribution < -0.4 is 15.4 Å². The molecule has 2 N–H and O–H groups in total.